The minimum atomic E-state index is -3.67. The molecule has 1 rings (SSSR count). The number of hydrogen-bond donors (Lipinski definition) is 1. The fraction of sp³-hybridized carbons (Fsp3) is 0.500. The summed E-state index contributed by atoms with van der Waals surface area (Å²) >= 11 is 0. The summed E-state index contributed by atoms with van der Waals surface area (Å²) < 4.78 is 44.4. The number of methoxy groups -OCH3 is 1. The van der Waals surface area contributed by atoms with Gasteiger partial charge in [-0.3, -0.25) is 0 Å². The van der Waals surface area contributed by atoms with E-state index in [0.29, 0.717) is 13.0 Å². The molecule has 5 nitrogen and oxygen atoms in total. The lowest BCUT2D eigenvalue weighted by Gasteiger charge is -2.11. The molecule has 19 heavy (non-hydrogen) atoms. The quantitative estimate of drug-likeness (QED) is 0.763. The number of ether oxygens (including phenoxy) is 1. The first-order chi connectivity index (χ1) is 8.86. The Morgan fingerprint density at radius 2 is 2.05 bits per heavy atom. The Bertz CT molecular complexity index is 518. The van der Waals surface area contributed by atoms with E-state index in [2.05, 4.69) is 4.72 Å². The molecule has 1 aromatic rings. The van der Waals surface area contributed by atoms with Gasteiger partial charge in [0, 0.05) is 6.54 Å². The minimum absolute atomic E-state index is 0.0200. The molecule has 108 valence electrons. The van der Waals surface area contributed by atoms with Crippen molar-refractivity contribution in [2.45, 2.75) is 11.3 Å². The monoisotopic (exact) mass is 290 g/mol. The summed E-state index contributed by atoms with van der Waals surface area (Å²) in [4.78, 5) is 1.86. The van der Waals surface area contributed by atoms with Gasteiger partial charge in [0.05, 0.1) is 12.0 Å². The lowest BCUT2D eigenvalue weighted by Crippen LogP contribution is -2.27. The second-order valence-electron chi connectivity index (χ2n) is 4.35. The van der Waals surface area contributed by atoms with Crippen LogP contribution in [0.4, 0.5) is 4.39 Å². The highest BCUT2D eigenvalue weighted by molar-refractivity contribution is 7.89. The van der Waals surface area contributed by atoms with Gasteiger partial charge in [-0.1, -0.05) is 0 Å². The van der Waals surface area contributed by atoms with Crippen LogP contribution < -0.4 is 9.46 Å². The summed E-state index contributed by atoms with van der Waals surface area (Å²) in [7, 11) is 1.48. The molecule has 0 fully saturated rings. The first-order valence-electron chi connectivity index (χ1n) is 5.85. The van der Waals surface area contributed by atoms with Crippen molar-refractivity contribution in [3.8, 4) is 5.75 Å². The van der Waals surface area contributed by atoms with Crippen LogP contribution in [0.25, 0.3) is 0 Å². The van der Waals surface area contributed by atoms with Crippen molar-refractivity contribution in [2.24, 2.45) is 0 Å². The van der Waals surface area contributed by atoms with Crippen molar-refractivity contribution in [1.82, 2.24) is 9.62 Å². The van der Waals surface area contributed by atoms with Gasteiger partial charge in [0.1, 0.15) is 0 Å². The molecule has 0 aliphatic rings. The predicted molar refractivity (Wildman–Crippen MR) is 71.3 cm³/mol. The zero-order chi connectivity index (χ0) is 14.5. The Hall–Kier alpha value is -1.18. The molecule has 0 unspecified atom stereocenters. The molecule has 0 saturated heterocycles. The molecule has 0 atom stereocenters. The van der Waals surface area contributed by atoms with Crippen LogP contribution in [0, 0.1) is 5.82 Å². The maximum absolute atomic E-state index is 13.5. The fourth-order valence-corrected chi connectivity index (χ4v) is 2.58. The Morgan fingerprint density at radius 1 is 1.37 bits per heavy atom. The maximum atomic E-state index is 13.5. The van der Waals surface area contributed by atoms with Crippen LogP contribution in [0.15, 0.2) is 23.1 Å². The van der Waals surface area contributed by atoms with E-state index >= 15 is 0 Å². The number of rotatable bonds is 7. The van der Waals surface area contributed by atoms with Crippen LogP contribution in [0.1, 0.15) is 6.42 Å². The van der Waals surface area contributed by atoms with Crippen LogP contribution in [-0.2, 0) is 10.0 Å². The van der Waals surface area contributed by atoms with Crippen molar-refractivity contribution in [3.05, 3.63) is 24.0 Å². The number of nitrogens with one attached hydrogen (secondary N) is 1. The van der Waals surface area contributed by atoms with E-state index in [4.69, 9.17) is 4.74 Å². The summed E-state index contributed by atoms with van der Waals surface area (Å²) in [5, 5.41) is 0. The van der Waals surface area contributed by atoms with Crippen LogP contribution in [0.3, 0.4) is 0 Å². The van der Waals surface area contributed by atoms with Gasteiger partial charge in [0.15, 0.2) is 11.6 Å². The molecule has 0 aromatic heterocycles. The standard InChI is InChI=1S/C12H19FN2O3S/c1-15(2)8-4-7-14-19(16,17)10-5-6-12(18-3)11(13)9-10/h5-6,9,14H,4,7-8H2,1-3H3. The third-order valence-corrected chi connectivity index (χ3v) is 3.97. The Balaban J connectivity index is 2.69. The zero-order valence-corrected chi connectivity index (χ0v) is 12.1. The normalized spacial score (nSPS) is 11.8. The van der Waals surface area contributed by atoms with Gasteiger partial charge in [0.25, 0.3) is 0 Å². The summed E-state index contributed by atoms with van der Waals surface area (Å²) in [5.74, 6) is -0.676. The van der Waals surface area contributed by atoms with Gasteiger partial charge in [-0.2, -0.15) is 0 Å². The zero-order valence-electron chi connectivity index (χ0n) is 11.3. The predicted octanol–water partition coefficient (Wildman–Crippen LogP) is 1.06. The third-order valence-electron chi connectivity index (χ3n) is 2.51. The fourth-order valence-electron chi connectivity index (χ4n) is 1.50. The first kappa shape index (κ1) is 15.9. The summed E-state index contributed by atoms with van der Waals surface area (Å²) in [6.45, 7) is 1.09. The highest BCUT2D eigenvalue weighted by atomic mass is 32.2. The molecule has 0 bridgehead atoms. The number of nitrogens with zero attached hydrogens (tertiary/aromatic N) is 1. The number of halogens is 1. The van der Waals surface area contributed by atoms with Gasteiger partial charge in [0.2, 0.25) is 10.0 Å². The lowest BCUT2D eigenvalue weighted by molar-refractivity contribution is 0.385. The largest absolute Gasteiger partial charge is 0.494 e. The second kappa shape index (κ2) is 6.83. The number of benzene rings is 1. The average Bonchev–Trinajstić information content (AvgIpc) is 2.34. The molecule has 0 amide bonds. The van der Waals surface area contributed by atoms with E-state index in [0.717, 1.165) is 12.6 Å². The van der Waals surface area contributed by atoms with Crippen molar-refractivity contribution < 1.29 is 17.5 Å². The highest BCUT2D eigenvalue weighted by Crippen LogP contribution is 2.20. The first-order valence-corrected chi connectivity index (χ1v) is 7.33. The Morgan fingerprint density at radius 3 is 2.58 bits per heavy atom. The van der Waals surface area contributed by atoms with Gasteiger partial charge in [-0.15, -0.1) is 0 Å². The molecular weight excluding hydrogens is 271 g/mol. The molecule has 0 saturated carbocycles. The van der Waals surface area contributed by atoms with Gasteiger partial charge in [-0.05, 0) is 45.3 Å². The van der Waals surface area contributed by atoms with Crippen LogP contribution in [0.2, 0.25) is 0 Å². The highest BCUT2D eigenvalue weighted by Gasteiger charge is 2.15. The molecule has 1 N–H and O–H groups in total. The van der Waals surface area contributed by atoms with E-state index in [9.17, 15) is 12.8 Å². The summed E-state index contributed by atoms with van der Waals surface area (Å²) in [5.41, 5.74) is 0. The molecule has 7 heteroatoms. The van der Waals surface area contributed by atoms with E-state index in [1.807, 2.05) is 19.0 Å². The van der Waals surface area contributed by atoms with Crippen molar-refractivity contribution >= 4 is 10.0 Å². The molecule has 0 heterocycles. The SMILES string of the molecule is COc1ccc(S(=O)(=O)NCCCN(C)C)cc1F. The number of sulfonamides is 1. The summed E-state index contributed by atoms with van der Waals surface area (Å²) in [6.07, 6.45) is 0.685. The van der Waals surface area contributed by atoms with E-state index < -0.39 is 15.8 Å². The average molecular weight is 290 g/mol. The Kier molecular flexibility index (Phi) is 5.71. The van der Waals surface area contributed by atoms with Crippen molar-refractivity contribution in [3.63, 3.8) is 0 Å². The van der Waals surface area contributed by atoms with E-state index in [-0.39, 0.29) is 10.6 Å². The topological polar surface area (TPSA) is 58.6 Å². The molecule has 0 aliphatic carbocycles. The molecule has 0 spiro atoms. The van der Waals surface area contributed by atoms with Crippen LogP contribution >= 0.6 is 0 Å². The van der Waals surface area contributed by atoms with Gasteiger partial charge >= 0.3 is 0 Å². The maximum Gasteiger partial charge on any atom is 0.240 e. The van der Waals surface area contributed by atoms with Crippen molar-refractivity contribution in [2.75, 3.05) is 34.3 Å². The minimum Gasteiger partial charge on any atom is -0.494 e. The molecule has 0 aliphatic heterocycles. The van der Waals surface area contributed by atoms with E-state index in [1.54, 1.807) is 0 Å². The van der Waals surface area contributed by atoms with Gasteiger partial charge in [-0.25, -0.2) is 17.5 Å². The summed E-state index contributed by atoms with van der Waals surface area (Å²) in [6, 6.07) is 3.56. The van der Waals surface area contributed by atoms with Crippen LogP contribution in [0.5, 0.6) is 5.75 Å². The lowest BCUT2D eigenvalue weighted by atomic mass is 10.3. The van der Waals surface area contributed by atoms with Crippen molar-refractivity contribution in [1.29, 1.82) is 0 Å². The number of hydrogen-bond acceptors (Lipinski definition) is 4. The van der Waals surface area contributed by atoms with Crippen LogP contribution in [-0.4, -0.2) is 47.6 Å². The third kappa shape index (κ3) is 4.77. The Labute approximate surface area is 113 Å². The van der Waals surface area contributed by atoms with Gasteiger partial charge < -0.3 is 9.64 Å². The second-order valence-corrected chi connectivity index (χ2v) is 6.12. The molecule has 1 aromatic carbocycles. The smallest absolute Gasteiger partial charge is 0.240 e. The van der Waals surface area contributed by atoms with E-state index in [1.165, 1.54) is 19.2 Å². The molecular formula is C12H19FN2O3S. The molecule has 0 radical (unpaired) electrons.